The van der Waals surface area contributed by atoms with Crippen molar-refractivity contribution < 1.29 is 4.39 Å². The van der Waals surface area contributed by atoms with Crippen molar-refractivity contribution in [3.63, 3.8) is 0 Å². The van der Waals surface area contributed by atoms with Crippen molar-refractivity contribution in [1.29, 1.82) is 5.26 Å². The number of nitrogens with zero attached hydrogens (tertiary/aromatic N) is 2. The molecule has 2 nitrogen and oxygen atoms in total. The zero-order valence-corrected chi connectivity index (χ0v) is 10.1. The lowest BCUT2D eigenvalue weighted by molar-refractivity contribution is 0.333. The van der Waals surface area contributed by atoms with Crippen molar-refractivity contribution in [3.05, 3.63) is 34.1 Å². The molecule has 0 spiro atoms. The van der Waals surface area contributed by atoms with E-state index in [-0.39, 0.29) is 5.82 Å². The van der Waals surface area contributed by atoms with Crippen LogP contribution in [0.4, 0.5) is 4.39 Å². The summed E-state index contributed by atoms with van der Waals surface area (Å²) in [4.78, 5) is 1.99. The molecule has 0 unspecified atom stereocenters. The van der Waals surface area contributed by atoms with Gasteiger partial charge in [0, 0.05) is 19.5 Å². The largest absolute Gasteiger partial charge is 0.301 e. The van der Waals surface area contributed by atoms with Gasteiger partial charge in [-0.3, -0.25) is 0 Å². The zero-order valence-electron chi connectivity index (χ0n) is 8.50. The summed E-state index contributed by atoms with van der Waals surface area (Å²) in [7, 11) is 1.91. The Hall–Kier alpha value is -0.920. The lowest BCUT2D eigenvalue weighted by Crippen LogP contribution is -2.19. The summed E-state index contributed by atoms with van der Waals surface area (Å²) >= 11 is 3.21. The van der Waals surface area contributed by atoms with Crippen LogP contribution in [0.3, 0.4) is 0 Å². The molecule has 1 rings (SSSR count). The standard InChI is InChI=1S/C11H12BrFN2/c1-15(7-3-6-14)8-9-4-2-5-10(13)11(9)12/h2,4-5H,3,7-8H2,1H3. The highest BCUT2D eigenvalue weighted by molar-refractivity contribution is 9.10. The fourth-order valence-corrected chi connectivity index (χ4v) is 1.67. The van der Waals surface area contributed by atoms with Gasteiger partial charge in [-0.25, -0.2) is 4.39 Å². The van der Waals surface area contributed by atoms with E-state index in [2.05, 4.69) is 22.0 Å². The van der Waals surface area contributed by atoms with E-state index >= 15 is 0 Å². The van der Waals surface area contributed by atoms with Gasteiger partial charge >= 0.3 is 0 Å². The SMILES string of the molecule is CN(CCC#N)Cc1cccc(F)c1Br. The fraction of sp³-hybridized carbons (Fsp3) is 0.364. The van der Waals surface area contributed by atoms with Crippen LogP contribution in [0.2, 0.25) is 0 Å². The fourth-order valence-electron chi connectivity index (χ4n) is 1.28. The van der Waals surface area contributed by atoms with Gasteiger partial charge in [-0.2, -0.15) is 5.26 Å². The van der Waals surface area contributed by atoms with Crippen molar-refractivity contribution in [2.75, 3.05) is 13.6 Å². The molecule has 0 saturated heterocycles. The second-order valence-electron chi connectivity index (χ2n) is 3.36. The minimum absolute atomic E-state index is 0.249. The average molecular weight is 271 g/mol. The molecule has 0 N–H and O–H groups in total. The first-order chi connectivity index (χ1) is 7.15. The molecule has 0 amide bonds. The Morgan fingerprint density at radius 3 is 2.93 bits per heavy atom. The van der Waals surface area contributed by atoms with Crippen LogP contribution in [0.15, 0.2) is 22.7 Å². The molecule has 0 heterocycles. The number of hydrogen-bond donors (Lipinski definition) is 0. The number of rotatable bonds is 4. The third-order valence-corrected chi connectivity index (χ3v) is 2.97. The van der Waals surface area contributed by atoms with Crippen LogP contribution in [0.1, 0.15) is 12.0 Å². The molecular formula is C11H12BrFN2. The third kappa shape index (κ3) is 3.61. The van der Waals surface area contributed by atoms with Gasteiger partial charge in [0.05, 0.1) is 10.5 Å². The van der Waals surface area contributed by atoms with Gasteiger partial charge < -0.3 is 4.90 Å². The monoisotopic (exact) mass is 270 g/mol. The van der Waals surface area contributed by atoms with Crippen LogP contribution in [-0.2, 0) is 6.54 Å². The molecule has 0 saturated carbocycles. The molecular weight excluding hydrogens is 259 g/mol. The van der Waals surface area contributed by atoms with Crippen molar-refractivity contribution in [1.82, 2.24) is 4.90 Å². The van der Waals surface area contributed by atoms with Crippen LogP contribution in [-0.4, -0.2) is 18.5 Å². The highest BCUT2D eigenvalue weighted by atomic mass is 79.9. The zero-order chi connectivity index (χ0) is 11.3. The van der Waals surface area contributed by atoms with Crippen molar-refractivity contribution in [2.45, 2.75) is 13.0 Å². The molecule has 1 aromatic rings. The molecule has 80 valence electrons. The van der Waals surface area contributed by atoms with E-state index in [4.69, 9.17) is 5.26 Å². The lowest BCUT2D eigenvalue weighted by Gasteiger charge is -2.15. The van der Waals surface area contributed by atoms with Gasteiger partial charge in [-0.1, -0.05) is 12.1 Å². The molecule has 0 bridgehead atoms. The molecule has 0 atom stereocenters. The van der Waals surface area contributed by atoms with E-state index < -0.39 is 0 Å². The van der Waals surface area contributed by atoms with Crippen molar-refractivity contribution >= 4 is 15.9 Å². The Labute approximate surface area is 97.4 Å². The second kappa shape index (κ2) is 5.84. The Kier molecular flexibility index (Phi) is 4.73. The first-order valence-electron chi connectivity index (χ1n) is 4.63. The van der Waals surface area contributed by atoms with Crippen LogP contribution < -0.4 is 0 Å². The van der Waals surface area contributed by atoms with Crippen LogP contribution in [0, 0.1) is 17.1 Å². The Morgan fingerprint density at radius 2 is 2.27 bits per heavy atom. The molecule has 0 fully saturated rings. The number of nitriles is 1. The van der Waals surface area contributed by atoms with Gasteiger partial charge in [0.15, 0.2) is 0 Å². The molecule has 0 aromatic heterocycles. The van der Waals surface area contributed by atoms with Gasteiger partial charge in [0.2, 0.25) is 0 Å². The summed E-state index contributed by atoms with van der Waals surface area (Å²) in [6.07, 6.45) is 0.490. The molecule has 0 aliphatic rings. The maximum Gasteiger partial charge on any atom is 0.137 e. The molecule has 0 radical (unpaired) electrons. The maximum atomic E-state index is 13.2. The first-order valence-corrected chi connectivity index (χ1v) is 5.43. The summed E-state index contributed by atoms with van der Waals surface area (Å²) in [6.45, 7) is 1.33. The van der Waals surface area contributed by atoms with E-state index in [1.807, 2.05) is 18.0 Å². The maximum absolute atomic E-state index is 13.2. The molecule has 1 aromatic carbocycles. The highest BCUT2D eigenvalue weighted by Crippen LogP contribution is 2.21. The molecule has 0 aliphatic heterocycles. The molecule has 4 heteroatoms. The summed E-state index contributed by atoms with van der Waals surface area (Å²) in [5, 5.41) is 8.43. The summed E-state index contributed by atoms with van der Waals surface area (Å²) in [5.74, 6) is -0.249. The number of benzene rings is 1. The highest BCUT2D eigenvalue weighted by Gasteiger charge is 2.07. The normalized spacial score (nSPS) is 10.3. The Balaban J connectivity index is 2.65. The predicted octanol–water partition coefficient (Wildman–Crippen LogP) is 2.93. The van der Waals surface area contributed by atoms with Gasteiger partial charge in [-0.05, 0) is 34.6 Å². The van der Waals surface area contributed by atoms with Crippen molar-refractivity contribution in [3.8, 4) is 6.07 Å². The number of hydrogen-bond acceptors (Lipinski definition) is 2. The second-order valence-corrected chi connectivity index (χ2v) is 4.15. The lowest BCUT2D eigenvalue weighted by atomic mass is 10.2. The predicted molar refractivity (Wildman–Crippen MR) is 60.7 cm³/mol. The van der Waals surface area contributed by atoms with E-state index in [1.165, 1.54) is 6.07 Å². The smallest absolute Gasteiger partial charge is 0.137 e. The van der Waals surface area contributed by atoms with Crippen LogP contribution in [0.5, 0.6) is 0 Å². The quantitative estimate of drug-likeness (QED) is 0.841. The van der Waals surface area contributed by atoms with E-state index in [9.17, 15) is 4.39 Å². The van der Waals surface area contributed by atoms with E-state index in [1.54, 1.807) is 6.07 Å². The van der Waals surface area contributed by atoms with Crippen LogP contribution >= 0.6 is 15.9 Å². The van der Waals surface area contributed by atoms with Gasteiger partial charge in [0.1, 0.15) is 5.82 Å². The minimum Gasteiger partial charge on any atom is -0.301 e. The third-order valence-electron chi connectivity index (χ3n) is 2.08. The Bertz CT molecular complexity index is 373. The average Bonchev–Trinajstić information content (AvgIpc) is 2.22. The minimum atomic E-state index is -0.249. The van der Waals surface area contributed by atoms with E-state index in [0.717, 1.165) is 5.56 Å². The van der Waals surface area contributed by atoms with Gasteiger partial charge in [-0.15, -0.1) is 0 Å². The summed E-state index contributed by atoms with van der Waals surface area (Å²) in [6, 6.07) is 7.06. The van der Waals surface area contributed by atoms with Crippen LogP contribution in [0.25, 0.3) is 0 Å². The van der Waals surface area contributed by atoms with E-state index in [0.29, 0.717) is 24.0 Å². The summed E-state index contributed by atoms with van der Waals surface area (Å²) in [5.41, 5.74) is 0.899. The molecule has 15 heavy (non-hydrogen) atoms. The summed E-state index contributed by atoms with van der Waals surface area (Å²) < 4.78 is 13.7. The Morgan fingerprint density at radius 1 is 1.53 bits per heavy atom. The molecule has 0 aliphatic carbocycles. The van der Waals surface area contributed by atoms with Crippen molar-refractivity contribution in [2.24, 2.45) is 0 Å². The topological polar surface area (TPSA) is 27.0 Å². The number of halogens is 2. The first kappa shape index (κ1) is 12.2. The van der Waals surface area contributed by atoms with Gasteiger partial charge in [0.25, 0.3) is 0 Å².